The van der Waals surface area contributed by atoms with Crippen LogP contribution in [0.3, 0.4) is 0 Å². The number of thioether (sulfide) groups is 1. The molecule has 0 nitrogen and oxygen atoms in total. The molecule has 0 bridgehead atoms. The molecule has 0 radical (unpaired) electrons. The number of hydrogen-bond donors (Lipinski definition) is 0. The van der Waals surface area contributed by atoms with Crippen LogP contribution >= 0.6 is 27.7 Å². The van der Waals surface area contributed by atoms with Crippen molar-refractivity contribution in [3.63, 3.8) is 0 Å². The van der Waals surface area contributed by atoms with Gasteiger partial charge in [-0.1, -0.05) is 28.1 Å². The van der Waals surface area contributed by atoms with Crippen LogP contribution in [0.1, 0.15) is 24.6 Å². The molecule has 1 fully saturated rings. The van der Waals surface area contributed by atoms with Gasteiger partial charge in [0, 0.05) is 10.4 Å². The van der Waals surface area contributed by atoms with Gasteiger partial charge in [0.2, 0.25) is 0 Å². The lowest BCUT2D eigenvalue weighted by Gasteiger charge is -2.24. The van der Waals surface area contributed by atoms with Crippen LogP contribution < -0.4 is 0 Å². The van der Waals surface area contributed by atoms with Crippen molar-refractivity contribution in [3.8, 4) is 0 Å². The fraction of sp³-hybridized carbons (Fsp3) is 0.500. The smallest absolute Gasteiger partial charge is 0.129 e. The van der Waals surface area contributed by atoms with Gasteiger partial charge in [-0.3, -0.25) is 0 Å². The van der Waals surface area contributed by atoms with E-state index in [2.05, 4.69) is 15.9 Å². The van der Waals surface area contributed by atoms with Crippen molar-refractivity contribution in [1.29, 1.82) is 0 Å². The predicted octanol–water partition coefficient (Wildman–Crippen LogP) is 4.60. The summed E-state index contributed by atoms with van der Waals surface area (Å²) in [5, 5.41) is 0. The van der Waals surface area contributed by atoms with Crippen LogP contribution in [-0.4, -0.2) is 11.5 Å². The first-order chi connectivity index (χ1) is 7.27. The molecule has 0 saturated carbocycles. The summed E-state index contributed by atoms with van der Waals surface area (Å²) >= 11 is 5.26. The Morgan fingerprint density at radius 1 is 1.47 bits per heavy atom. The van der Waals surface area contributed by atoms with Crippen LogP contribution in [-0.2, 0) is 0 Å². The van der Waals surface area contributed by atoms with Gasteiger partial charge in [-0.15, -0.1) is 0 Å². The Bertz CT molecular complexity index is 323. The van der Waals surface area contributed by atoms with Crippen molar-refractivity contribution in [2.45, 2.75) is 19.0 Å². The van der Waals surface area contributed by atoms with E-state index in [1.165, 1.54) is 5.75 Å². The average molecular weight is 289 g/mol. The molecule has 2 atom stereocenters. The number of alkyl halides is 1. The third-order valence-electron chi connectivity index (χ3n) is 2.78. The van der Waals surface area contributed by atoms with Crippen LogP contribution in [0.4, 0.5) is 4.39 Å². The molecule has 1 saturated heterocycles. The summed E-state index contributed by atoms with van der Waals surface area (Å²) in [5.41, 5.74) is 0.817. The van der Waals surface area contributed by atoms with Crippen molar-refractivity contribution >= 4 is 27.7 Å². The van der Waals surface area contributed by atoms with E-state index in [4.69, 9.17) is 0 Å². The van der Waals surface area contributed by atoms with Crippen LogP contribution in [0, 0.1) is 5.92 Å². The molecule has 2 rings (SSSR count). The highest BCUT2D eigenvalue weighted by Crippen LogP contribution is 2.36. The van der Waals surface area contributed by atoms with Gasteiger partial charge in [0.15, 0.2) is 0 Å². The number of halogens is 2. The van der Waals surface area contributed by atoms with Gasteiger partial charge >= 0.3 is 0 Å². The molecule has 82 valence electrons. The lowest BCUT2D eigenvalue weighted by molar-refractivity contribution is 0.236. The second kappa shape index (κ2) is 5.35. The number of hydrogen-bond acceptors (Lipinski definition) is 1. The highest BCUT2D eigenvalue weighted by molar-refractivity contribution is 9.10. The second-order valence-electron chi connectivity index (χ2n) is 3.93. The molecule has 0 spiro atoms. The zero-order chi connectivity index (χ0) is 10.7. The first-order valence-electron chi connectivity index (χ1n) is 5.24. The largest absolute Gasteiger partial charge is 0.242 e. The molecule has 1 aromatic carbocycles. The van der Waals surface area contributed by atoms with Crippen molar-refractivity contribution in [2.75, 3.05) is 11.5 Å². The topological polar surface area (TPSA) is 0 Å². The Kier molecular flexibility index (Phi) is 4.09. The highest BCUT2D eigenvalue weighted by atomic mass is 79.9. The average Bonchev–Trinajstić information content (AvgIpc) is 2.29. The molecule has 0 aliphatic carbocycles. The minimum Gasteiger partial charge on any atom is -0.242 e. The van der Waals surface area contributed by atoms with E-state index in [-0.39, 0.29) is 5.92 Å². The van der Waals surface area contributed by atoms with Crippen molar-refractivity contribution < 1.29 is 4.39 Å². The minimum absolute atomic E-state index is 0.207. The fourth-order valence-corrected chi connectivity index (χ4v) is 3.54. The lowest BCUT2D eigenvalue weighted by Crippen LogP contribution is -2.16. The van der Waals surface area contributed by atoms with Gasteiger partial charge in [-0.25, -0.2) is 4.39 Å². The molecular weight excluding hydrogens is 275 g/mol. The monoisotopic (exact) mass is 288 g/mol. The van der Waals surface area contributed by atoms with Gasteiger partial charge in [-0.2, -0.15) is 11.8 Å². The molecular formula is C12H14BrFS. The van der Waals surface area contributed by atoms with Gasteiger partial charge in [0.1, 0.15) is 6.17 Å². The number of rotatable bonds is 2. The zero-order valence-corrected chi connectivity index (χ0v) is 10.9. The molecule has 3 heteroatoms. The summed E-state index contributed by atoms with van der Waals surface area (Å²) in [6.45, 7) is 0. The molecule has 0 amide bonds. The maximum absolute atomic E-state index is 14.2. The van der Waals surface area contributed by atoms with E-state index in [0.717, 1.165) is 28.6 Å². The second-order valence-corrected chi connectivity index (χ2v) is 6.00. The maximum atomic E-state index is 14.2. The van der Waals surface area contributed by atoms with E-state index in [1.807, 2.05) is 36.0 Å². The molecule has 0 aromatic heterocycles. The van der Waals surface area contributed by atoms with Crippen LogP contribution in [0.2, 0.25) is 0 Å². The maximum Gasteiger partial charge on any atom is 0.129 e. The normalized spacial score (nSPS) is 23.7. The Morgan fingerprint density at radius 3 is 3.00 bits per heavy atom. The minimum atomic E-state index is -0.796. The van der Waals surface area contributed by atoms with Crippen molar-refractivity contribution in [2.24, 2.45) is 5.92 Å². The third kappa shape index (κ3) is 2.97. The van der Waals surface area contributed by atoms with E-state index >= 15 is 0 Å². The quantitative estimate of drug-likeness (QED) is 0.766. The van der Waals surface area contributed by atoms with E-state index < -0.39 is 6.17 Å². The predicted molar refractivity (Wildman–Crippen MR) is 68.0 cm³/mol. The van der Waals surface area contributed by atoms with E-state index in [0.29, 0.717) is 0 Å². The molecule has 0 N–H and O–H groups in total. The summed E-state index contributed by atoms with van der Waals surface area (Å²) < 4.78 is 15.1. The number of benzene rings is 1. The lowest BCUT2D eigenvalue weighted by atomic mass is 9.94. The summed E-state index contributed by atoms with van der Waals surface area (Å²) in [7, 11) is 0. The molecule has 1 aliphatic heterocycles. The summed E-state index contributed by atoms with van der Waals surface area (Å²) in [6.07, 6.45) is 1.39. The first kappa shape index (κ1) is 11.5. The summed E-state index contributed by atoms with van der Waals surface area (Å²) in [5.74, 6) is 2.37. The van der Waals surface area contributed by atoms with Crippen molar-refractivity contribution in [1.82, 2.24) is 0 Å². The summed E-state index contributed by atoms with van der Waals surface area (Å²) in [6, 6.07) is 7.62. The van der Waals surface area contributed by atoms with Gasteiger partial charge in [0.25, 0.3) is 0 Å². The fourth-order valence-electron chi connectivity index (χ4n) is 1.95. The Labute approximate surface area is 103 Å². The zero-order valence-electron chi connectivity index (χ0n) is 8.46. The molecule has 2 unspecified atom stereocenters. The van der Waals surface area contributed by atoms with Crippen LogP contribution in [0.15, 0.2) is 28.7 Å². The summed E-state index contributed by atoms with van der Waals surface area (Å²) in [4.78, 5) is 0. The van der Waals surface area contributed by atoms with Crippen LogP contribution in [0.5, 0.6) is 0 Å². The van der Waals surface area contributed by atoms with Crippen molar-refractivity contribution in [3.05, 3.63) is 34.3 Å². The van der Waals surface area contributed by atoms with Gasteiger partial charge < -0.3 is 0 Å². The molecule has 15 heavy (non-hydrogen) atoms. The van der Waals surface area contributed by atoms with E-state index in [1.54, 1.807) is 0 Å². The third-order valence-corrected chi connectivity index (χ3v) is 4.51. The van der Waals surface area contributed by atoms with Crippen LogP contribution in [0.25, 0.3) is 0 Å². The standard InChI is InChI=1S/C12H14BrFS/c13-11-5-1-3-9(7-11)12(14)10-4-2-6-15-8-10/h1,3,5,7,10,12H,2,4,6,8H2. The Balaban J connectivity index is 2.08. The highest BCUT2D eigenvalue weighted by Gasteiger charge is 2.24. The van der Waals surface area contributed by atoms with Gasteiger partial charge in [0.05, 0.1) is 0 Å². The molecule has 1 aliphatic rings. The van der Waals surface area contributed by atoms with Gasteiger partial charge in [-0.05, 0) is 42.0 Å². The van der Waals surface area contributed by atoms with E-state index in [9.17, 15) is 4.39 Å². The molecule has 1 heterocycles. The molecule has 1 aromatic rings. The SMILES string of the molecule is FC(c1cccc(Br)c1)C1CCCSC1. The first-order valence-corrected chi connectivity index (χ1v) is 7.19. The Hall–Kier alpha value is -0.0200. The Morgan fingerprint density at radius 2 is 2.33 bits per heavy atom.